The minimum absolute atomic E-state index is 0.681. The molecule has 1 aliphatic rings. The summed E-state index contributed by atoms with van der Waals surface area (Å²) in [6.45, 7) is 0.949. The van der Waals surface area contributed by atoms with Gasteiger partial charge in [-0.2, -0.15) is 16.7 Å². The van der Waals surface area contributed by atoms with E-state index in [1.807, 2.05) is 11.8 Å². The zero-order chi connectivity index (χ0) is 9.64. The van der Waals surface area contributed by atoms with Gasteiger partial charge in [0, 0.05) is 24.8 Å². The Kier molecular flexibility index (Phi) is 3.82. The summed E-state index contributed by atoms with van der Waals surface area (Å²) >= 11 is 2.04. The molecule has 0 aliphatic carbocycles. The first-order valence-corrected chi connectivity index (χ1v) is 6.17. The van der Waals surface area contributed by atoms with Crippen molar-refractivity contribution in [2.24, 2.45) is 0 Å². The van der Waals surface area contributed by atoms with E-state index in [9.17, 15) is 0 Å². The quantitative estimate of drug-likeness (QED) is 0.811. The van der Waals surface area contributed by atoms with Crippen molar-refractivity contribution in [2.45, 2.75) is 25.3 Å². The molecular weight excluding hydrogens is 198 g/mol. The molecule has 0 radical (unpaired) electrons. The van der Waals surface area contributed by atoms with E-state index in [1.165, 1.54) is 30.7 Å². The summed E-state index contributed by atoms with van der Waals surface area (Å²) in [5.74, 6) is 3.36. The Morgan fingerprint density at radius 3 is 3.36 bits per heavy atom. The Morgan fingerprint density at radius 2 is 2.64 bits per heavy atom. The minimum Gasteiger partial charge on any atom is -0.343 e. The molecule has 1 N–H and O–H groups in total. The van der Waals surface area contributed by atoms with Crippen LogP contribution >= 0.6 is 11.8 Å². The van der Waals surface area contributed by atoms with Crippen molar-refractivity contribution < 1.29 is 4.52 Å². The highest BCUT2D eigenvalue weighted by Gasteiger charge is 2.12. The largest absolute Gasteiger partial charge is 0.343 e. The lowest BCUT2D eigenvalue weighted by Gasteiger charge is -2.22. The molecule has 1 aromatic rings. The van der Waals surface area contributed by atoms with Crippen LogP contribution in [0.15, 0.2) is 10.9 Å². The van der Waals surface area contributed by atoms with Crippen LogP contribution < -0.4 is 5.32 Å². The van der Waals surface area contributed by atoms with Gasteiger partial charge in [0.15, 0.2) is 5.82 Å². The maximum absolute atomic E-state index is 4.66. The van der Waals surface area contributed by atoms with Gasteiger partial charge in [0.1, 0.15) is 0 Å². The highest BCUT2D eigenvalue weighted by molar-refractivity contribution is 7.99. The lowest BCUT2D eigenvalue weighted by molar-refractivity contribution is 0.408. The molecule has 14 heavy (non-hydrogen) atoms. The van der Waals surface area contributed by atoms with Crippen LogP contribution in [0.25, 0.3) is 0 Å². The number of thioether (sulfide) groups is 1. The van der Waals surface area contributed by atoms with Crippen LogP contribution in [0.3, 0.4) is 0 Å². The van der Waals surface area contributed by atoms with Gasteiger partial charge in [-0.3, -0.25) is 0 Å². The molecule has 78 valence electrons. The van der Waals surface area contributed by atoms with Gasteiger partial charge < -0.3 is 9.84 Å². The third-order valence-corrected chi connectivity index (χ3v) is 3.56. The average molecular weight is 213 g/mol. The van der Waals surface area contributed by atoms with Gasteiger partial charge in [0.25, 0.3) is 0 Å². The maximum Gasteiger partial charge on any atom is 0.213 e. The van der Waals surface area contributed by atoms with E-state index in [0.717, 1.165) is 18.8 Å². The fraction of sp³-hybridized carbons (Fsp3) is 0.778. The summed E-state index contributed by atoms with van der Waals surface area (Å²) in [5, 5.41) is 7.28. The normalized spacial score (nSPS) is 22.4. The molecule has 0 spiro atoms. The fourth-order valence-corrected chi connectivity index (χ4v) is 2.70. The van der Waals surface area contributed by atoms with Gasteiger partial charge in [-0.15, -0.1) is 0 Å². The number of aromatic nitrogens is 2. The molecule has 1 aromatic heterocycles. The molecule has 4 nitrogen and oxygen atoms in total. The predicted molar refractivity (Wildman–Crippen MR) is 56.4 cm³/mol. The van der Waals surface area contributed by atoms with Gasteiger partial charge in [-0.25, -0.2) is 0 Å². The summed E-state index contributed by atoms with van der Waals surface area (Å²) in [7, 11) is 0. The van der Waals surface area contributed by atoms with Crippen LogP contribution in [0, 0.1) is 0 Å². The highest BCUT2D eigenvalue weighted by atomic mass is 32.2. The molecule has 1 unspecified atom stereocenters. The number of hydrogen-bond donors (Lipinski definition) is 1. The molecule has 5 heteroatoms. The standard InChI is InChI=1S/C9H15N3OS/c1-2-8(6-14-5-1)10-4-3-9-11-7-13-12-9/h7-8,10H,1-6H2. The lowest BCUT2D eigenvalue weighted by atomic mass is 10.2. The lowest BCUT2D eigenvalue weighted by Crippen LogP contribution is -2.35. The van der Waals surface area contributed by atoms with Crippen LogP contribution in [-0.2, 0) is 6.42 Å². The smallest absolute Gasteiger partial charge is 0.213 e. The van der Waals surface area contributed by atoms with Crippen LogP contribution in [0.4, 0.5) is 0 Å². The van der Waals surface area contributed by atoms with Gasteiger partial charge in [0.2, 0.25) is 6.39 Å². The van der Waals surface area contributed by atoms with Gasteiger partial charge in [-0.05, 0) is 18.6 Å². The summed E-state index contributed by atoms with van der Waals surface area (Å²) in [6, 6.07) is 0.681. The van der Waals surface area contributed by atoms with E-state index in [-0.39, 0.29) is 0 Å². The number of rotatable bonds is 4. The summed E-state index contributed by atoms with van der Waals surface area (Å²) in [4.78, 5) is 3.98. The molecular formula is C9H15N3OS. The molecule has 1 fully saturated rings. The SMILES string of the molecule is c1nc(CCNC2CCCSC2)no1. The van der Waals surface area contributed by atoms with E-state index < -0.39 is 0 Å². The predicted octanol–water partition coefficient (Wildman–Crippen LogP) is 1.10. The van der Waals surface area contributed by atoms with E-state index in [1.54, 1.807) is 0 Å². The van der Waals surface area contributed by atoms with Gasteiger partial charge >= 0.3 is 0 Å². The monoisotopic (exact) mass is 213 g/mol. The van der Waals surface area contributed by atoms with Crippen molar-refractivity contribution >= 4 is 11.8 Å². The van der Waals surface area contributed by atoms with Crippen molar-refractivity contribution in [1.82, 2.24) is 15.5 Å². The topological polar surface area (TPSA) is 51.0 Å². The van der Waals surface area contributed by atoms with E-state index in [2.05, 4.69) is 20.0 Å². The molecule has 0 amide bonds. The number of nitrogens with one attached hydrogen (secondary N) is 1. The summed E-state index contributed by atoms with van der Waals surface area (Å²) in [5.41, 5.74) is 0. The zero-order valence-corrected chi connectivity index (χ0v) is 8.92. The minimum atomic E-state index is 0.681. The second kappa shape index (κ2) is 5.36. The Labute approximate surface area is 87.8 Å². The van der Waals surface area contributed by atoms with Crippen molar-refractivity contribution in [2.75, 3.05) is 18.1 Å². The second-order valence-corrected chi connectivity index (χ2v) is 4.62. The molecule has 2 heterocycles. The Morgan fingerprint density at radius 1 is 1.64 bits per heavy atom. The summed E-state index contributed by atoms with van der Waals surface area (Å²) in [6.07, 6.45) is 4.88. The second-order valence-electron chi connectivity index (χ2n) is 3.47. The van der Waals surface area contributed by atoms with E-state index >= 15 is 0 Å². The first-order valence-electron chi connectivity index (χ1n) is 5.01. The molecule has 0 bridgehead atoms. The number of hydrogen-bond acceptors (Lipinski definition) is 5. The van der Waals surface area contributed by atoms with Gasteiger partial charge in [-0.1, -0.05) is 5.16 Å². The first-order chi connectivity index (χ1) is 6.95. The van der Waals surface area contributed by atoms with Crippen LogP contribution in [0.1, 0.15) is 18.7 Å². The molecule has 1 saturated heterocycles. The van der Waals surface area contributed by atoms with Crippen molar-refractivity contribution in [3.8, 4) is 0 Å². The van der Waals surface area contributed by atoms with Crippen LogP contribution in [-0.4, -0.2) is 34.2 Å². The van der Waals surface area contributed by atoms with Crippen molar-refractivity contribution in [1.29, 1.82) is 0 Å². The first kappa shape index (κ1) is 9.98. The van der Waals surface area contributed by atoms with Gasteiger partial charge in [0.05, 0.1) is 0 Å². The maximum atomic E-state index is 4.66. The van der Waals surface area contributed by atoms with Crippen molar-refractivity contribution in [3.05, 3.63) is 12.2 Å². The number of nitrogens with zero attached hydrogens (tertiary/aromatic N) is 2. The molecule has 0 aromatic carbocycles. The zero-order valence-electron chi connectivity index (χ0n) is 8.11. The van der Waals surface area contributed by atoms with Crippen molar-refractivity contribution in [3.63, 3.8) is 0 Å². The Bertz CT molecular complexity index is 247. The van der Waals surface area contributed by atoms with E-state index in [4.69, 9.17) is 0 Å². The fourth-order valence-electron chi connectivity index (χ4n) is 1.59. The third-order valence-electron chi connectivity index (χ3n) is 2.35. The summed E-state index contributed by atoms with van der Waals surface area (Å²) < 4.78 is 4.66. The average Bonchev–Trinajstić information content (AvgIpc) is 2.72. The molecule has 1 aliphatic heterocycles. The Hall–Kier alpha value is -0.550. The molecule has 2 rings (SSSR count). The Balaban J connectivity index is 1.62. The van der Waals surface area contributed by atoms with Crippen LogP contribution in [0.5, 0.6) is 0 Å². The van der Waals surface area contributed by atoms with Crippen LogP contribution in [0.2, 0.25) is 0 Å². The molecule has 0 saturated carbocycles. The highest BCUT2D eigenvalue weighted by Crippen LogP contribution is 2.16. The van der Waals surface area contributed by atoms with E-state index in [0.29, 0.717) is 6.04 Å². The third kappa shape index (κ3) is 2.99. The molecule has 1 atom stereocenters.